The number of halogens is 2. The number of anilines is 1. The molecule has 2 heterocycles. The fraction of sp³-hybridized carbons (Fsp3) is 0.333. The zero-order valence-corrected chi connectivity index (χ0v) is 26.5. The van der Waals surface area contributed by atoms with Crippen molar-refractivity contribution in [2.45, 2.75) is 56.4 Å². The van der Waals surface area contributed by atoms with Crippen LogP contribution in [0.2, 0.25) is 10.0 Å². The maximum Gasteiger partial charge on any atom is 0.325 e. The summed E-state index contributed by atoms with van der Waals surface area (Å²) in [6.45, 7) is 2.07. The van der Waals surface area contributed by atoms with Crippen molar-refractivity contribution in [2.75, 3.05) is 18.5 Å². The first-order chi connectivity index (χ1) is 20.7. The highest BCUT2D eigenvalue weighted by Gasteiger charge is 2.42. The number of urea groups is 1. The number of imide groups is 1. The molecule has 6 rings (SSSR count). The van der Waals surface area contributed by atoms with Gasteiger partial charge in [-0.1, -0.05) is 96.7 Å². The van der Waals surface area contributed by atoms with Gasteiger partial charge in [0.15, 0.2) is 0 Å². The predicted octanol–water partition coefficient (Wildman–Crippen LogP) is 8.13. The largest absolute Gasteiger partial charge is 0.335 e. The first kappa shape index (κ1) is 31.1. The number of amides is 4. The average Bonchev–Trinajstić information content (AvgIpc) is 3.25. The van der Waals surface area contributed by atoms with E-state index in [0.29, 0.717) is 10.0 Å². The van der Waals surface area contributed by atoms with Crippen LogP contribution >= 0.6 is 35.0 Å². The third kappa shape index (κ3) is 7.25. The minimum absolute atomic E-state index is 0.0282. The van der Waals surface area contributed by atoms with E-state index in [-0.39, 0.29) is 41.1 Å². The molecule has 0 radical (unpaired) electrons. The lowest BCUT2D eigenvalue weighted by Crippen LogP contribution is -2.48. The minimum Gasteiger partial charge on any atom is -0.335 e. The van der Waals surface area contributed by atoms with Gasteiger partial charge < -0.3 is 10.2 Å². The summed E-state index contributed by atoms with van der Waals surface area (Å²) in [4.78, 5) is 44.3. The van der Waals surface area contributed by atoms with Crippen LogP contribution < -0.4 is 10.2 Å². The van der Waals surface area contributed by atoms with E-state index in [9.17, 15) is 14.4 Å². The summed E-state index contributed by atoms with van der Waals surface area (Å²) in [7, 11) is 1.76. The molecule has 2 atom stereocenters. The lowest BCUT2D eigenvalue weighted by molar-refractivity contribution is -0.116. The average molecular weight is 638 g/mol. The lowest BCUT2D eigenvalue weighted by atomic mass is 9.96. The van der Waals surface area contributed by atoms with E-state index in [0.717, 1.165) is 53.8 Å². The summed E-state index contributed by atoms with van der Waals surface area (Å²) in [5.41, 5.74) is 4.53. The van der Waals surface area contributed by atoms with Crippen molar-refractivity contribution in [3.05, 3.63) is 99.5 Å². The number of carbonyl (C=O) groups excluding carboxylic acids is 3. The summed E-state index contributed by atoms with van der Waals surface area (Å²) in [5.74, 6) is -0.0282. The van der Waals surface area contributed by atoms with Crippen LogP contribution in [0.4, 0.5) is 15.3 Å². The maximum absolute atomic E-state index is 12.5. The van der Waals surface area contributed by atoms with Crippen molar-refractivity contribution < 1.29 is 14.4 Å². The number of benzodiazepines with no additional fused rings is 1. The van der Waals surface area contributed by atoms with Gasteiger partial charge in [0.25, 0.3) is 5.24 Å². The molecule has 3 aromatic rings. The quantitative estimate of drug-likeness (QED) is 0.315. The van der Waals surface area contributed by atoms with Crippen LogP contribution in [0.25, 0.3) is 0 Å². The van der Waals surface area contributed by atoms with Crippen LogP contribution in [-0.4, -0.2) is 53.5 Å². The Kier molecular flexibility index (Phi) is 10.1. The summed E-state index contributed by atoms with van der Waals surface area (Å²) in [5, 5.41) is 4.12. The molecule has 0 aromatic heterocycles. The van der Waals surface area contributed by atoms with Gasteiger partial charge in [-0.15, -0.1) is 0 Å². The number of hydrogen-bond donors (Lipinski definition) is 1. The Labute approximate surface area is 266 Å². The molecule has 2 aliphatic heterocycles. The van der Waals surface area contributed by atoms with Gasteiger partial charge in [0.1, 0.15) is 6.54 Å². The van der Waals surface area contributed by atoms with Crippen LogP contribution in [0.5, 0.6) is 0 Å². The van der Waals surface area contributed by atoms with Gasteiger partial charge in [0.05, 0.1) is 22.7 Å². The molecular formula is C33H34Cl2N4O3S. The number of rotatable bonds is 3. The third-order valence-corrected chi connectivity index (χ3v) is 9.79. The van der Waals surface area contributed by atoms with Crippen molar-refractivity contribution in [3.8, 4) is 0 Å². The van der Waals surface area contributed by atoms with Crippen molar-refractivity contribution in [1.82, 2.24) is 10.2 Å². The molecular weight excluding hydrogens is 603 g/mol. The highest BCUT2D eigenvalue weighted by atomic mass is 35.5. The Hall–Kier alpha value is -3.33. The van der Waals surface area contributed by atoms with Gasteiger partial charge in [-0.2, -0.15) is 0 Å². The molecule has 1 aliphatic carbocycles. The molecule has 3 aliphatic rings. The summed E-state index contributed by atoms with van der Waals surface area (Å²) < 4.78 is 0. The fourth-order valence-electron chi connectivity index (χ4n) is 5.63. The molecule has 1 N–H and O–H groups in total. The first-order valence-electron chi connectivity index (χ1n) is 14.4. The smallest absolute Gasteiger partial charge is 0.325 e. The molecule has 2 fully saturated rings. The zero-order valence-electron chi connectivity index (χ0n) is 24.1. The van der Waals surface area contributed by atoms with Gasteiger partial charge in [-0.25, -0.2) is 4.79 Å². The Bertz CT molecular complexity index is 1510. The number of fused-ring (bicyclic) bond motifs is 1. The number of thioether (sulfide) groups is 1. The normalized spacial score (nSPS) is 20.5. The SMILES string of the molecule is CN1C(=O)CN=C(c2ccccc2)c2cc(Cl)ccc21.C[C@H]1[C@H](c2ccc(Cl)cc2)SC(=O)N1C(=O)NC1CCCCC1. The summed E-state index contributed by atoms with van der Waals surface area (Å²) in [6.07, 6.45) is 5.55. The van der Waals surface area contributed by atoms with Crippen LogP contribution in [0.1, 0.15) is 61.0 Å². The maximum atomic E-state index is 12.5. The second-order valence-corrected chi connectivity index (χ2v) is 12.9. The van der Waals surface area contributed by atoms with Crippen LogP contribution in [0, 0.1) is 0 Å². The predicted molar refractivity (Wildman–Crippen MR) is 176 cm³/mol. The topological polar surface area (TPSA) is 82.1 Å². The number of nitrogens with one attached hydrogen (secondary N) is 1. The molecule has 1 saturated carbocycles. The first-order valence-corrected chi connectivity index (χ1v) is 16.1. The van der Waals surface area contributed by atoms with Crippen molar-refractivity contribution in [2.24, 2.45) is 4.99 Å². The summed E-state index contributed by atoms with van der Waals surface area (Å²) >= 11 is 13.2. The Morgan fingerprint density at radius 2 is 1.60 bits per heavy atom. The highest BCUT2D eigenvalue weighted by Crippen LogP contribution is 2.43. The molecule has 0 spiro atoms. The molecule has 43 heavy (non-hydrogen) atoms. The fourth-order valence-corrected chi connectivity index (χ4v) is 7.12. The number of likely N-dealkylation sites (N-methyl/N-ethyl adjacent to an activating group) is 1. The van der Waals surface area contributed by atoms with E-state index < -0.39 is 0 Å². The standard InChI is InChI=1S/C17H21ClN2O2S.C16H13ClN2O/c1-11-15(12-7-9-13(18)10-8-12)23-17(22)20(11)16(21)19-14-5-3-2-4-6-14;1-19-14-8-7-12(17)9-13(14)16(18-10-15(19)20)11-5-3-2-4-6-11/h7-11,14-15H,2-6H2,1H3,(H,19,21);2-9H,10H2,1H3/t11-,15+;/m0./s1. The van der Waals surface area contributed by atoms with E-state index in [1.165, 1.54) is 23.1 Å². The van der Waals surface area contributed by atoms with Gasteiger partial charge in [0.2, 0.25) is 5.91 Å². The van der Waals surface area contributed by atoms with E-state index in [1.807, 2.05) is 73.7 Å². The molecule has 10 heteroatoms. The van der Waals surface area contributed by atoms with Crippen LogP contribution in [-0.2, 0) is 4.79 Å². The second-order valence-electron chi connectivity index (χ2n) is 10.9. The molecule has 3 aromatic carbocycles. The number of nitrogens with zero attached hydrogens (tertiary/aromatic N) is 3. The van der Waals surface area contributed by atoms with Gasteiger partial charge in [-0.3, -0.25) is 19.5 Å². The van der Waals surface area contributed by atoms with E-state index in [1.54, 1.807) is 18.0 Å². The molecule has 0 bridgehead atoms. The number of benzene rings is 3. The van der Waals surface area contributed by atoms with Crippen LogP contribution in [0.3, 0.4) is 0 Å². The van der Waals surface area contributed by atoms with Crippen molar-refractivity contribution in [1.29, 1.82) is 0 Å². The van der Waals surface area contributed by atoms with E-state index in [4.69, 9.17) is 23.2 Å². The lowest BCUT2D eigenvalue weighted by Gasteiger charge is -2.27. The monoisotopic (exact) mass is 636 g/mol. The molecule has 7 nitrogen and oxygen atoms in total. The van der Waals surface area contributed by atoms with E-state index in [2.05, 4.69) is 10.3 Å². The van der Waals surface area contributed by atoms with Crippen molar-refractivity contribution >= 4 is 63.5 Å². The third-order valence-electron chi connectivity index (χ3n) is 7.99. The van der Waals surface area contributed by atoms with Crippen molar-refractivity contribution in [3.63, 3.8) is 0 Å². The molecule has 224 valence electrons. The number of carbonyl (C=O) groups is 3. The highest BCUT2D eigenvalue weighted by molar-refractivity contribution is 8.14. The van der Waals surface area contributed by atoms with Gasteiger partial charge in [-0.05, 0) is 55.7 Å². The van der Waals surface area contributed by atoms with E-state index >= 15 is 0 Å². The Balaban J connectivity index is 0.000000173. The molecule has 0 unspecified atom stereocenters. The minimum atomic E-state index is -0.252. The van der Waals surface area contributed by atoms with Crippen LogP contribution in [0.15, 0.2) is 77.8 Å². The molecule has 1 saturated heterocycles. The zero-order chi connectivity index (χ0) is 30.5. The molecule has 4 amide bonds. The number of aliphatic imine (C=N–C) groups is 1. The van der Waals surface area contributed by atoms with Gasteiger partial charge in [0, 0.05) is 34.3 Å². The second kappa shape index (κ2) is 14.0. The van der Waals surface area contributed by atoms with Gasteiger partial charge >= 0.3 is 6.03 Å². The Morgan fingerprint density at radius 1 is 0.930 bits per heavy atom. The number of hydrogen-bond acceptors (Lipinski definition) is 5. The summed E-state index contributed by atoms with van der Waals surface area (Å²) in [6, 6.07) is 22.6. The Morgan fingerprint density at radius 3 is 2.30 bits per heavy atom.